The lowest BCUT2D eigenvalue weighted by molar-refractivity contribution is 0.0685. The number of sulfonamides is 1. The van der Waals surface area contributed by atoms with Crippen molar-refractivity contribution in [2.45, 2.75) is 63.6 Å². The SMILES string of the molecule is CCn1cc(S(=O)(=O)N2[C@H](C)CCC[C@@H]2C)cc1C(=O)O. The number of aryl methyl sites for hydroxylation is 1. The van der Waals surface area contributed by atoms with E-state index in [9.17, 15) is 13.2 Å². The summed E-state index contributed by atoms with van der Waals surface area (Å²) in [4.78, 5) is 11.3. The number of carboxylic acid groups (broad SMARTS) is 1. The molecule has 0 saturated carbocycles. The van der Waals surface area contributed by atoms with E-state index in [-0.39, 0.29) is 22.7 Å². The van der Waals surface area contributed by atoms with Crippen LogP contribution in [0.4, 0.5) is 0 Å². The summed E-state index contributed by atoms with van der Waals surface area (Å²) in [6, 6.07) is 1.14. The van der Waals surface area contributed by atoms with Gasteiger partial charge in [0.05, 0.1) is 0 Å². The van der Waals surface area contributed by atoms with Crippen molar-refractivity contribution in [1.29, 1.82) is 0 Å². The molecule has 1 fully saturated rings. The molecule has 2 heterocycles. The molecule has 0 aliphatic carbocycles. The van der Waals surface area contributed by atoms with E-state index >= 15 is 0 Å². The van der Waals surface area contributed by atoms with Gasteiger partial charge in [-0.3, -0.25) is 0 Å². The monoisotopic (exact) mass is 314 g/mol. The van der Waals surface area contributed by atoms with Gasteiger partial charge in [0.1, 0.15) is 10.6 Å². The Labute approximate surface area is 125 Å². The minimum absolute atomic E-state index is 0.00777. The van der Waals surface area contributed by atoms with E-state index < -0.39 is 16.0 Å². The van der Waals surface area contributed by atoms with Crippen LogP contribution in [-0.4, -0.2) is 40.4 Å². The molecule has 1 aliphatic heterocycles. The molecule has 1 aromatic heterocycles. The van der Waals surface area contributed by atoms with Gasteiger partial charge in [-0.1, -0.05) is 6.42 Å². The lowest BCUT2D eigenvalue weighted by atomic mass is 10.0. The van der Waals surface area contributed by atoms with Crippen LogP contribution in [0.1, 0.15) is 50.5 Å². The summed E-state index contributed by atoms with van der Waals surface area (Å²) in [5.74, 6) is -1.11. The minimum Gasteiger partial charge on any atom is -0.477 e. The first-order chi connectivity index (χ1) is 9.78. The van der Waals surface area contributed by atoms with Crippen LogP contribution >= 0.6 is 0 Å². The number of nitrogens with zero attached hydrogens (tertiary/aromatic N) is 2. The third-order valence-corrected chi connectivity index (χ3v) is 6.21. The third-order valence-electron chi connectivity index (χ3n) is 4.12. The van der Waals surface area contributed by atoms with E-state index in [2.05, 4.69) is 0 Å². The first-order valence-corrected chi connectivity index (χ1v) is 8.70. The molecule has 6 nitrogen and oxygen atoms in total. The van der Waals surface area contributed by atoms with Crippen molar-refractivity contribution in [3.63, 3.8) is 0 Å². The van der Waals surface area contributed by atoms with E-state index in [0.717, 1.165) is 19.3 Å². The summed E-state index contributed by atoms with van der Waals surface area (Å²) in [6.45, 7) is 6.02. The van der Waals surface area contributed by atoms with Crippen LogP contribution in [0, 0.1) is 0 Å². The Balaban J connectivity index is 2.46. The second kappa shape index (κ2) is 5.81. The number of carbonyl (C=O) groups is 1. The maximum atomic E-state index is 12.8. The summed E-state index contributed by atoms with van der Waals surface area (Å²) in [7, 11) is -3.66. The van der Waals surface area contributed by atoms with Crippen molar-refractivity contribution < 1.29 is 18.3 Å². The van der Waals surface area contributed by atoms with Crippen LogP contribution in [0.3, 0.4) is 0 Å². The van der Waals surface area contributed by atoms with Crippen LogP contribution in [-0.2, 0) is 16.6 Å². The van der Waals surface area contributed by atoms with Crippen molar-refractivity contribution in [2.24, 2.45) is 0 Å². The van der Waals surface area contributed by atoms with Crippen LogP contribution in [0.2, 0.25) is 0 Å². The Morgan fingerprint density at radius 3 is 2.33 bits per heavy atom. The largest absolute Gasteiger partial charge is 0.477 e. The molecule has 0 bridgehead atoms. The number of aromatic carboxylic acids is 1. The molecule has 0 amide bonds. The molecule has 0 aromatic carbocycles. The fraction of sp³-hybridized carbons (Fsp3) is 0.643. The van der Waals surface area contributed by atoms with Crippen LogP contribution in [0.15, 0.2) is 17.2 Å². The highest BCUT2D eigenvalue weighted by Crippen LogP contribution is 2.30. The van der Waals surface area contributed by atoms with Crippen LogP contribution < -0.4 is 0 Å². The molecule has 118 valence electrons. The van der Waals surface area contributed by atoms with Gasteiger partial charge in [-0.25, -0.2) is 13.2 Å². The molecule has 2 rings (SSSR count). The molecule has 21 heavy (non-hydrogen) atoms. The molecule has 0 unspecified atom stereocenters. The van der Waals surface area contributed by atoms with Gasteiger partial charge in [-0.2, -0.15) is 4.31 Å². The summed E-state index contributed by atoms with van der Waals surface area (Å²) in [5.41, 5.74) is 0.00777. The predicted molar refractivity (Wildman–Crippen MR) is 78.9 cm³/mol. The van der Waals surface area contributed by atoms with Gasteiger partial charge in [0.15, 0.2) is 0 Å². The lowest BCUT2D eigenvalue weighted by Crippen LogP contribution is -2.47. The number of hydrogen-bond acceptors (Lipinski definition) is 3. The molecule has 0 spiro atoms. The summed E-state index contributed by atoms with van der Waals surface area (Å²) in [6.07, 6.45) is 4.12. The van der Waals surface area contributed by atoms with Gasteiger partial charge in [0.2, 0.25) is 10.0 Å². The van der Waals surface area contributed by atoms with E-state index in [0.29, 0.717) is 6.54 Å². The molecule has 1 saturated heterocycles. The van der Waals surface area contributed by atoms with Crippen molar-refractivity contribution in [3.05, 3.63) is 18.0 Å². The second-order valence-corrected chi connectivity index (χ2v) is 7.46. The smallest absolute Gasteiger partial charge is 0.352 e. The number of aromatic nitrogens is 1. The fourth-order valence-corrected chi connectivity index (χ4v) is 4.98. The quantitative estimate of drug-likeness (QED) is 0.923. The molecule has 7 heteroatoms. The van der Waals surface area contributed by atoms with E-state index in [1.54, 1.807) is 6.92 Å². The average molecular weight is 314 g/mol. The topological polar surface area (TPSA) is 79.6 Å². The minimum atomic E-state index is -3.66. The Kier molecular flexibility index (Phi) is 4.43. The Morgan fingerprint density at radius 2 is 1.90 bits per heavy atom. The molecular weight excluding hydrogens is 292 g/mol. The van der Waals surface area contributed by atoms with Gasteiger partial charge in [0.25, 0.3) is 0 Å². The molecular formula is C14H22N2O4S. The summed E-state index contributed by atoms with van der Waals surface area (Å²) >= 11 is 0. The van der Waals surface area contributed by atoms with E-state index in [1.165, 1.54) is 21.1 Å². The zero-order chi connectivity index (χ0) is 15.8. The van der Waals surface area contributed by atoms with Crippen LogP contribution in [0.5, 0.6) is 0 Å². The van der Waals surface area contributed by atoms with Gasteiger partial charge < -0.3 is 9.67 Å². The van der Waals surface area contributed by atoms with Gasteiger partial charge in [-0.15, -0.1) is 0 Å². The van der Waals surface area contributed by atoms with Crippen molar-refractivity contribution in [2.75, 3.05) is 0 Å². The summed E-state index contributed by atoms with van der Waals surface area (Å²) in [5, 5.41) is 9.16. The number of hydrogen-bond donors (Lipinski definition) is 1. The predicted octanol–water partition coefficient (Wildman–Crippen LogP) is 2.16. The normalized spacial score (nSPS) is 24.1. The Hall–Kier alpha value is -1.34. The highest BCUT2D eigenvalue weighted by atomic mass is 32.2. The number of carboxylic acids is 1. The van der Waals surface area contributed by atoms with Crippen molar-refractivity contribution in [1.82, 2.24) is 8.87 Å². The Bertz CT molecular complexity index is 625. The highest BCUT2D eigenvalue weighted by molar-refractivity contribution is 7.89. The maximum absolute atomic E-state index is 12.8. The molecule has 0 radical (unpaired) electrons. The average Bonchev–Trinajstić information content (AvgIpc) is 2.83. The molecule has 1 N–H and O–H groups in total. The number of rotatable bonds is 4. The molecule has 1 aliphatic rings. The highest BCUT2D eigenvalue weighted by Gasteiger charge is 2.36. The number of piperidine rings is 1. The first kappa shape index (κ1) is 16.0. The Morgan fingerprint density at radius 1 is 1.33 bits per heavy atom. The van der Waals surface area contributed by atoms with Crippen LogP contribution in [0.25, 0.3) is 0 Å². The van der Waals surface area contributed by atoms with Gasteiger partial charge in [0, 0.05) is 24.8 Å². The van der Waals surface area contributed by atoms with Gasteiger partial charge in [-0.05, 0) is 39.7 Å². The first-order valence-electron chi connectivity index (χ1n) is 7.26. The molecule has 2 atom stereocenters. The maximum Gasteiger partial charge on any atom is 0.352 e. The molecule has 1 aromatic rings. The fourth-order valence-electron chi connectivity index (χ4n) is 3.06. The van der Waals surface area contributed by atoms with Crippen molar-refractivity contribution >= 4 is 16.0 Å². The lowest BCUT2D eigenvalue weighted by Gasteiger charge is -2.37. The summed E-state index contributed by atoms with van der Waals surface area (Å²) < 4.78 is 28.6. The zero-order valence-corrected chi connectivity index (χ0v) is 13.4. The zero-order valence-electron chi connectivity index (χ0n) is 12.6. The standard InChI is InChI=1S/C14H22N2O4S/c1-4-15-9-12(8-13(15)14(17)18)21(19,20)16-10(2)6-5-7-11(16)3/h8-11H,4-7H2,1-3H3,(H,17,18)/t10-,11+. The van der Waals surface area contributed by atoms with E-state index in [1.807, 2.05) is 13.8 Å². The van der Waals surface area contributed by atoms with E-state index in [4.69, 9.17) is 5.11 Å². The second-order valence-electron chi connectivity index (χ2n) is 5.62. The van der Waals surface area contributed by atoms with Gasteiger partial charge >= 0.3 is 5.97 Å². The van der Waals surface area contributed by atoms with Crippen molar-refractivity contribution in [3.8, 4) is 0 Å². The third kappa shape index (κ3) is 2.85.